The number of hydrogen-bond acceptors (Lipinski definition) is 4. The first kappa shape index (κ1) is 12.6. The molecule has 1 saturated heterocycles. The molecule has 2 heterocycles. The van der Waals surface area contributed by atoms with Gasteiger partial charge in [0.1, 0.15) is 5.92 Å². The Kier molecular flexibility index (Phi) is 3.93. The predicted molar refractivity (Wildman–Crippen MR) is 60.7 cm³/mol. The van der Waals surface area contributed by atoms with Crippen molar-refractivity contribution < 1.29 is 19.4 Å². The molecule has 1 aliphatic heterocycles. The third-order valence-electron chi connectivity index (χ3n) is 2.87. The molecule has 2 N–H and O–H groups in total. The van der Waals surface area contributed by atoms with Gasteiger partial charge in [-0.1, -0.05) is 0 Å². The van der Waals surface area contributed by atoms with Gasteiger partial charge in [-0.25, -0.2) is 0 Å². The van der Waals surface area contributed by atoms with Crippen molar-refractivity contribution in [1.82, 2.24) is 15.1 Å². The van der Waals surface area contributed by atoms with Crippen molar-refractivity contribution >= 4 is 11.9 Å². The zero-order chi connectivity index (χ0) is 13.0. The van der Waals surface area contributed by atoms with Gasteiger partial charge >= 0.3 is 5.97 Å². The number of carboxylic acids is 1. The van der Waals surface area contributed by atoms with Crippen molar-refractivity contribution in [2.75, 3.05) is 13.2 Å². The summed E-state index contributed by atoms with van der Waals surface area (Å²) in [7, 11) is 0. The van der Waals surface area contributed by atoms with E-state index < -0.39 is 17.9 Å². The van der Waals surface area contributed by atoms with Crippen LogP contribution in [0.3, 0.4) is 0 Å². The number of hydrogen-bond donors (Lipinski definition) is 2. The molecule has 1 amide bonds. The summed E-state index contributed by atoms with van der Waals surface area (Å²) in [5, 5.41) is 15.6. The standard InChI is InChI=1S/C11H15N3O4/c15-10(2-5-14-4-1-3-12-14)13-9-7-18-6-8(9)11(16)17/h1,3-4,8-9H,2,5-7H2,(H,13,15)(H,16,17). The van der Waals surface area contributed by atoms with E-state index in [1.807, 2.05) is 0 Å². The molecule has 1 fully saturated rings. The van der Waals surface area contributed by atoms with Gasteiger partial charge in [0.2, 0.25) is 5.91 Å². The summed E-state index contributed by atoms with van der Waals surface area (Å²) in [6, 6.07) is 1.34. The molecule has 98 valence electrons. The maximum absolute atomic E-state index is 11.7. The van der Waals surface area contributed by atoms with E-state index in [1.165, 1.54) is 0 Å². The Bertz CT molecular complexity index is 418. The highest BCUT2D eigenvalue weighted by molar-refractivity contribution is 5.78. The largest absolute Gasteiger partial charge is 0.481 e. The number of aryl methyl sites for hydroxylation is 1. The Morgan fingerprint density at radius 2 is 2.33 bits per heavy atom. The maximum atomic E-state index is 11.7. The summed E-state index contributed by atoms with van der Waals surface area (Å²) >= 11 is 0. The second-order valence-electron chi connectivity index (χ2n) is 4.18. The second kappa shape index (κ2) is 5.63. The zero-order valence-electron chi connectivity index (χ0n) is 9.78. The van der Waals surface area contributed by atoms with Gasteiger partial charge in [-0.15, -0.1) is 0 Å². The monoisotopic (exact) mass is 253 g/mol. The van der Waals surface area contributed by atoms with Crippen LogP contribution < -0.4 is 5.32 Å². The number of amides is 1. The van der Waals surface area contributed by atoms with Crippen molar-refractivity contribution in [1.29, 1.82) is 0 Å². The fourth-order valence-electron chi connectivity index (χ4n) is 1.87. The average molecular weight is 253 g/mol. The number of nitrogens with one attached hydrogen (secondary N) is 1. The molecule has 2 rings (SSSR count). The van der Waals surface area contributed by atoms with Gasteiger partial charge in [-0.3, -0.25) is 14.3 Å². The first-order valence-electron chi connectivity index (χ1n) is 5.74. The molecule has 7 heteroatoms. The number of carboxylic acid groups (broad SMARTS) is 1. The Labute approximate surface area is 104 Å². The van der Waals surface area contributed by atoms with Gasteiger partial charge in [-0.2, -0.15) is 5.10 Å². The number of nitrogens with zero attached hydrogens (tertiary/aromatic N) is 2. The lowest BCUT2D eigenvalue weighted by molar-refractivity contribution is -0.142. The molecule has 0 radical (unpaired) electrons. The number of rotatable bonds is 5. The van der Waals surface area contributed by atoms with Gasteiger partial charge in [0.15, 0.2) is 0 Å². The van der Waals surface area contributed by atoms with Crippen LogP contribution in [0.2, 0.25) is 0 Å². The summed E-state index contributed by atoms with van der Waals surface area (Å²) in [6.07, 6.45) is 3.68. The molecule has 1 aromatic heterocycles. The van der Waals surface area contributed by atoms with Crippen molar-refractivity contribution in [3.05, 3.63) is 18.5 Å². The average Bonchev–Trinajstić information content (AvgIpc) is 2.96. The van der Waals surface area contributed by atoms with E-state index in [1.54, 1.807) is 23.1 Å². The molecular weight excluding hydrogens is 238 g/mol. The summed E-state index contributed by atoms with van der Waals surface area (Å²) in [4.78, 5) is 22.6. The van der Waals surface area contributed by atoms with Crippen molar-refractivity contribution in [2.24, 2.45) is 5.92 Å². The summed E-state index contributed by atoms with van der Waals surface area (Å²) < 4.78 is 6.72. The van der Waals surface area contributed by atoms with E-state index >= 15 is 0 Å². The van der Waals surface area contributed by atoms with Gasteiger partial charge in [0, 0.05) is 25.4 Å². The van der Waals surface area contributed by atoms with E-state index in [0.717, 1.165) is 0 Å². The SMILES string of the molecule is O=C(CCn1cccn1)NC1COCC1C(=O)O. The molecule has 1 aliphatic rings. The van der Waals surface area contributed by atoms with Crippen LogP contribution in [0.25, 0.3) is 0 Å². The number of ether oxygens (including phenoxy) is 1. The molecule has 2 atom stereocenters. The Hall–Kier alpha value is -1.89. The lowest BCUT2D eigenvalue weighted by Gasteiger charge is -2.15. The van der Waals surface area contributed by atoms with Crippen LogP contribution in [0.4, 0.5) is 0 Å². The van der Waals surface area contributed by atoms with E-state index in [0.29, 0.717) is 6.54 Å². The normalized spacial score (nSPS) is 22.9. The lowest BCUT2D eigenvalue weighted by Crippen LogP contribution is -2.42. The Morgan fingerprint density at radius 3 is 3.00 bits per heavy atom. The second-order valence-corrected chi connectivity index (χ2v) is 4.18. The minimum absolute atomic E-state index is 0.152. The van der Waals surface area contributed by atoms with Crippen LogP contribution in [-0.4, -0.2) is 46.0 Å². The van der Waals surface area contributed by atoms with Crippen LogP contribution in [0.5, 0.6) is 0 Å². The molecule has 0 saturated carbocycles. The number of carbonyl (C=O) groups excluding carboxylic acids is 1. The van der Waals surface area contributed by atoms with Crippen LogP contribution >= 0.6 is 0 Å². The quantitative estimate of drug-likeness (QED) is 0.737. The minimum Gasteiger partial charge on any atom is -0.481 e. The molecule has 0 aromatic carbocycles. The molecule has 7 nitrogen and oxygen atoms in total. The molecule has 18 heavy (non-hydrogen) atoms. The third-order valence-corrected chi connectivity index (χ3v) is 2.87. The van der Waals surface area contributed by atoms with E-state index in [4.69, 9.17) is 9.84 Å². The van der Waals surface area contributed by atoms with E-state index in [-0.39, 0.29) is 25.5 Å². The summed E-state index contributed by atoms with van der Waals surface area (Å²) in [5.41, 5.74) is 0. The highest BCUT2D eigenvalue weighted by Crippen LogP contribution is 2.13. The van der Waals surface area contributed by atoms with E-state index in [9.17, 15) is 9.59 Å². The van der Waals surface area contributed by atoms with Crippen LogP contribution in [0.15, 0.2) is 18.5 Å². The van der Waals surface area contributed by atoms with Crippen LogP contribution in [0, 0.1) is 5.92 Å². The first-order valence-corrected chi connectivity index (χ1v) is 5.74. The Balaban J connectivity index is 1.78. The Morgan fingerprint density at radius 1 is 1.50 bits per heavy atom. The molecule has 0 bridgehead atoms. The fraction of sp³-hybridized carbons (Fsp3) is 0.545. The predicted octanol–water partition coefficient (Wildman–Crippen LogP) is -0.511. The van der Waals surface area contributed by atoms with Gasteiger partial charge in [-0.05, 0) is 6.07 Å². The molecule has 2 unspecified atom stereocenters. The number of carbonyl (C=O) groups is 2. The van der Waals surface area contributed by atoms with Crippen molar-refractivity contribution in [3.63, 3.8) is 0 Å². The first-order chi connectivity index (χ1) is 8.66. The highest BCUT2D eigenvalue weighted by Gasteiger charge is 2.34. The van der Waals surface area contributed by atoms with Crippen LogP contribution in [0.1, 0.15) is 6.42 Å². The smallest absolute Gasteiger partial charge is 0.311 e. The molecule has 1 aromatic rings. The fourth-order valence-corrected chi connectivity index (χ4v) is 1.87. The minimum atomic E-state index is -0.940. The maximum Gasteiger partial charge on any atom is 0.311 e. The molecular formula is C11H15N3O4. The highest BCUT2D eigenvalue weighted by atomic mass is 16.5. The van der Waals surface area contributed by atoms with Crippen LogP contribution in [-0.2, 0) is 20.9 Å². The third kappa shape index (κ3) is 3.07. The zero-order valence-corrected chi connectivity index (χ0v) is 9.78. The van der Waals surface area contributed by atoms with Gasteiger partial charge in [0.05, 0.1) is 19.3 Å². The molecule has 0 spiro atoms. The summed E-state index contributed by atoms with van der Waals surface area (Å²) in [6.45, 7) is 0.883. The van der Waals surface area contributed by atoms with E-state index in [2.05, 4.69) is 10.4 Å². The lowest BCUT2D eigenvalue weighted by atomic mass is 10.0. The van der Waals surface area contributed by atoms with Gasteiger partial charge < -0.3 is 15.2 Å². The summed E-state index contributed by atoms with van der Waals surface area (Å²) in [5.74, 6) is -1.78. The van der Waals surface area contributed by atoms with Crippen molar-refractivity contribution in [3.8, 4) is 0 Å². The topological polar surface area (TPSA) is 93.5 Å². The van der Waals surface area contributed by atoms with Crippen molar-refractivity contribution in [2.45, 2.75) is 19.0 Å². The number of aliphatic carboxylic acids is 1. The molecule has 0 aliphatic carbocycles. The van der Waals surface area contributed by atoms with Gasteiger partial charge in [0.25, 0.3) is 0 Å². The number of aromatic nitrogens is 2.